The summed E-state index contributed by atoms with van der Waals surface area (Å²) in [5.41, 5.74) is 0. The molecule has 4 atom stereocenters. The predicted octanol–water partition coefficient (Wildman–Crippen LogP) is 2.74. The Morgan fingerprint density at radius 3 is 3.00 bits per heavy atom. The number of fused-ring (bicyclic) bond motifs is 2. The summed E-state index contributed by atoms with van der Waals surface area (Å²) in [5.74, 6) is 1.58. The van der Waals surface area contributed by atoms with Crippen molar-refractivity contribution in [3.8, 4) is 5.75 Å². The second-order valence-corrected chi connectivity index (χ2v) is 6.11. The number of carbonyl (C=O) groups is 1. The predicted molar refractivity (Wildman–Crippen MR) is 72.4 cm³/mol. The lowest BCUT2D eigenvalue weighted by Crippen LogP contribution is -2.44. The number of hydrogen-bond acceptors (Lipinski definition) is 3. The molecule has 4 heteroatoms. The van der Waals surface area contributed by atoms with Crippen molar-refractivity contribution in [2.24, 2.45) is 11.8 Å². The lowest BCUT2D eigenvalue weighted by atomic mass is 9.92. The number of piperidine rings is 1. The largest absolute Gasteiger partial charge is 0.475 e. The minimum absolute atomic E-state index is 0.0352. The van der Waals surface area contributed by atoms with Crippen LogP contribution in [0.1, 0.15) is 19.3 Å². The maximum absolute atomic E-state index is 11.0. The first-order chi connectivity index (χ1) is 8.74. The Kier molecular flexibility index (Phi) is 3.39. The molecule has 1 heterocycles. The highest BCUT2D eigenvalue weighted by atomic mass is 79.9. The Hall–Kier alpha value is -0.870. The first-order valence-corrected chi connectivity index (χ1v) is 7.17. The molecule has 1 saturated heterocycles. The number of rotatable bonds is 3. The van der Waals surface area contributed by atoms with E-state index in [1.54, 1.807) is 0 Å². The molecule has 1 aliphatic carbocycles. The first-order valence-electron chi connectivity index (χ1n) is 6.38. The minimum Gasteiger partial charge on any atom is -0.475 e. The van der Waals surface area contributed by atoms with Gasteiger partial charge in [0.05, 0.1) is 0 Å². The minimum atomic E-state index is 0.0352. The van der Waals surface area contributed by atoms with E-state index in [2.05, 4.69) is 21.2 Å². The molecule has 0 radical (unpaired) electrons. The molecule has 2 bridgehead atoms. The van der Waals surface area contributed by atoms with Crippen LogP contribution in [0.15, 0.2) is 28.7 Å². The van der Waals surface area contributed by atoms with Crippen molar-refractivity contribution in [3.05, 3.63) is 28.7 Å². The molecule has 0 amide bonds. The Labute approximate surface area is 115 Å². The van der Waals surface area contributed by atoms with Crippen LogP contribution in [0.4, 0.5) is 0 Å². The molecule has 0 aromatic heterocycles. The normalized spacial score (nSPS) is 34.3. The Bertz CT molecular complexity index is 451. The average Bonchev–Trinajstić information content (AvgIpc) is 2.64. The fraction of sp³-hybridized carbons (Fsp3) is 0.500. The molecule has 3 nitrogen and oxygen atoms in total. The summed E-state index contributed by atoms with van der Waals surface area (Å²) in [6.45, 7) is 0. The number of benzene rings is 1. The average molecular weight is 310 g/mol. The molecule has 1 N–H and O–H groups in total. The van der Waals surface area contributed by atoms with E-state index in [-0.39, 0.29) is 12.1 Å². The molecule has 1 saturated carbocycles. The standard InChI is InChI=1S/C14H16BrNO2/c15-11-2-1-3-13(7-11)18-14-6-9-4-12(16-14)5-10(9)8-17/h1-3,7-10,12,14,16H,4-6H2. The first kappa shape index (κ1) is 12.2. The molecular weight excluding hydrogens is 294 g/mol. The van der Waals surface area contributed by atoms with Crippen molar-refractivity contribution >= 4 is 22.2 Å². The van der Waals surface area contributed by atoms with E-state index >= 15 is 0 Å². The smallest absolute Gasteiger partial charge is 0.150 e. The Morgan fingerprint density at radius 1 is 1.33 bits per heavy atom. The van der Waals surface area contributed by atoms with Gasteiger partial charge in [0, 0.05) is 22.9 Å². The van der Waals surface area contributed by atoms with Crippen molar-refractivity contribution in [1.82, 2.24) is 5.32 Å². The van der Waals surface area contributed by atoms with Gasteiger partial charge in [-0.2, -0.15) is 0 Å². The molecule has 1 aromatic rings. The number of aldehydes is 1. The third kappa shape index (κ3) is 2.45. The van der Waals surface area contributed by atoms with E-state index in [0.29, 0.717) is 12.0 Å². The SMILES string of the molecule is O=CC1CC2CC1CC(Oc1cccc(Br)c1)N2. The zero-order valence-corrected chi connectivity index (χ0v) is 11.6. The fourth-order valence-corrected chi connectivity index (χ4v) is 3.50. The van der Waals surface area contributed by atoms with Crippen molar-refractivity contribution < 1.29 is 9.53 Å². The highest BCUT2D eigenvalue weighted by molar-refractivity contribution is 9.10. The van der Waals surface area contributed by atoms with Crippen molar-refractivity contribution in [1.29, 1.82) is 0 Å². The van der Waals surface area contributed by atoms with Crippen molar-refractivity contribution in [2.75, 3.05) is 0 Å². The van der Waals surface area contributed by atoms with Gasteiger partial charge in [-0.05, 0) is 37.0 Å². The maximum atomic E-state index is 11.0. The van der Waals surface area contributed by atoms with Crippen molar-refractivity contribution in [3.63, 3.8) is 0 Å². The molecule has 96 valence electrons. The van der Waals surface area contributed by atoms with Gasteiger partial charge in [-0.1, -0.05) is 22.0 Å². The number of ether oxygens (including phenoxy) is 1. The van der Waals surface area contributed by atoms with Crippen LogP contribution < -0.4 is 10.1 Å². The third-order valence-corrected chi connectivity index (χ3v) is 4.43. The van der Waals surface area contributed by atoms with Crippen LogP contribution in [0.2, 0.25) is 0 Å². The van der Waals surface area contributed by atoms with Crippen LogP contribution in [-0.2, 0) is 4.79 Å². The summed E-state index contributed by atoms with van der Waals surface area (Å²) in [7, 11) is 0. The van der Waals surface area contributed by atoms with E-state index in [9.17, 15) is 4.79 Å². The molecule has 1 aromatic carbocycles. The summed E-state index contributed by atoms with van der Waals surface area (Å²) in [4.78, 5) is 11.0. The van der Waals surface area contributed by atoms with E-state index in [1.807, 2.05) is 24.3 Å². The van der Waals surface area contributed by atoms with E-state index in [1.165, 1.54) is 0 Å². The van der Waals surface area contributed by atoms with Crippen LogP contribution in [0.25, 0.3) is 0 Å². The Balaban J connectivity index is 1.67. The van der Waals surface area contributed by atoms with Gasteiger partial charge in [0.25, 0.3) is 0 Å². The van der Waals surface area contributed by atoms with Gasteiger partial charge >= 0.3 is 0 Å². The highest BCUT2D eigenvalue weighted by Gasteiger charge is 2.41. The zero-order valence-electron chi connectivity index (χ0n) is 10.0. The van der Waals surface area contributed by atoms with Crippen LogP contribution in [0, 0.1) is 11.8 Å². The molecule has 1 aliphatic heterocycles. The Morgan fingerprint density at radius 2 is 2.22 bits per heavy atom. The third-order valence-electron chi connectivity index (χ3n) is 3.94. The molecule has 3 rings (SSSR count). The van der Waals surface area contributed by atoms with E-state index < -0.39 is 0 Å². The van der Waals surface area contributed by atoms with Gasteiger partial charge in [0.2, 0.25) is 0 Å². The number of nitrogens with one attached hydrogen (secondary N) is 1. The van der Waals surface area contributed by atoms with E-state index in [4.69, 9.17) is 4.74 Å². The summed E-state index contributed by atoms with van der Waals surface area (Å²) in [6, 6.07) is 8.31. The quantitative estimate of drug-likeness (QED) is 0.873. The topological polar surface area (TPSA) is 38.3 Å². The highest BCUT2D eigenvalue weighted by Crippen LogP contribution is 2.38. The maximum Gasteiger partial charge on any atom is 0.150 e. The second kappa shape index (κ2) is 5.02. The van der Waals surface area contributed by atoms with E-state index in [0.717, 1.165) is 35.8 Å². The lowest BCUT2D eigenvalue weighted by Gasteiger charge is -2.30. The number of carbonyl (C=O) groups excluding carboxylic acids is 1. The fourth-order valence-electron chi connectivity index (χ4n) is 3.12. The lowest BCUT2D eigenvalue weighted by molar-refractivity contribution is -0.112. The van der Waals surface area contributed by atoms with Gasteiger partial charge in [-0.25, -0.2) is 0 Å². The van der Waals surface area contributed by atoms with Crippen LogP contribution >= 0.6 is 15.9 Å². The van der Waals surface area contributed by atoms with Crippen LogP contribution in [0.5, 0.6) is 5.75 Å². The molecular formula is C14H16BrNO2. The molecule has 4 unspecified atom stereocenters. The molecule has 0 spiro atoms. The number of halogens is 1. The summed E-state index contributed by atoms with van der Waals surface area (Å²) >= 11 is 3.44. The zero-order chi connectivity index (χ0) is 12.5. The van der Waals surface area contributed by atoms with Crippen LogP contribution in [0.3, 0.4) is 0 Å². The van der Waals surface area contributed by atoms with Gasteiger partial charge in [-0.3, -0.25) is 5.32 Å². The van der Waals surface area contributed by atoms with Crippen LogP contribution in [-0.4, -0.2) is 18.6 Å². The summed E-state index contributed by atoms with van der Waals surface area (Å²) < 4.78 is 6.97. The van der Waals surface area contributed by atoms with Gasteiger partial charge in [0.15, 0.2) is 6.23 Å². The monoisotopic (exact) mass is 309 g/mol. The van der Waals surface area contributed by atoms with Gasteiger partial charge in [-0.15, -0.1) is 0 Å². The molecule has 2 fully saturated rings. The van der Waals surface area contributed by atoms with Gasteiger partial charge in [0.1, 0.15) is 12.0 Å². The van der Waals surface area contributed by atoms with Crippen molar-refractivity contribution in [2.45, 2.75) is 31.5 Å². The van der Waals surface area contributed by atoms with Gasteiger partial charge < -0.3 is 9.53 Å². The second-order valence-electron chi connectivity index (χ2n) is 5.19. The molecule has 18 heavy (non-hydrogen) atoms. The number of hydrogen-bond donors (Lipinski definition) is 1. The molecule has 2 aliphatic rings. The summed E-state index contributed by atoms with van der Waals surface area (Å²) in [6.07, 6.45) is 4.15. The summed E-state index contributed by atoms with van der Waals surface area (Å²) in [5, 5.41) is 3.48.